The summed E-state index contributed by atoms with van der Waals surface area (Å²) in [5.74, 6) is 1.88. The summed E-state index contributed by atoms with van der Waals surface area (Å²) in [6.45, 7) is 2.51. The molecule has 13 heavy (non-hydrogen) atoms. The second-order valence-corrected chi connectivity index (χ2v) is 5.01. The van der Waals surface area contributed by atoms with Gasteiger partial charge in [-0.25, -0.2) is 0 Å². The van der Waals surface area contributed by atoms with Gasteiger partial charge in [-0.3, -0.25) is 4.21 Å². The van der Waals surface area contributed by atoms with Gasteiger partial charge in [0.05, 0.1) is 11.7 Å². The largest absolute Gasteiger partial charge is 0.366 e. The molecule has 0 radical (unpaired) electrons. The summed E-state index contributed by atoms with van der Waals surface area (Å²) in [4.78, 5) is 0. The second kappa shape index (κ2) is 5.51. The van der Waals surface area contributed by atoms with Crippen molar-refractivity contribution in [2.45, 2.75) is 6.92 Å². The van der Waals surface area contributed by atoms with Gasteiger partial charge in [0.25, 0.3) is 0 Å². The Balaban J connectivity index is 2.28. The van der Waals surface area contributed by atoms with Crippen molar-refractivity contribution in [2.24, 2.45) is 0 Å². The van der Waals surface area contributed by atoms with Gasteiger partial charge in [0.15, 0.2) is 11.0 Å². The molecule has 0 saturated heterocycles. The van der Waals surface area contributed by atoms with E-state index >= 15 is 0 Å². The van der Waals surface area contributed by atoms with Gasteiger partial charge in [0, 0.05) is 28.9 Å². The molecule has 0 amide bonds. The fourth-order valence-electron chi connectivity index (χ4n) is 0.711. The molecule has 7 heteroatoms. The highest BCUT2D eigenvalue weighted by molar-refractivity contribution is 7.84. The van der Waals surface area contributed by atoms with Gasteiger partial charge < -0.3 is 5.32 Å². The van der Waals surface area contributed by atoms with Crippen LogP contribution in [0.3, 0.4) is 0 Å². The molecule has 1 N–H and O–H groups in total. The number of nitrogens with one attached hydrogen (secondary N) is 1. The molecular formula is C6H10ClN3OS2. The zero-order valence-electron chi connectivity index (χ0n) is 7.12. The van der Waals surface area contributed by atoms with Crippen LogP contribution in [-0.4, -0.2) is 31.0 Å². The highest BCUT2D eigenvalue weighted by Gasteiger charge is 2.03. The van der Waals surface area contributed by atoms with E-state index in [-0.39, 0.29) is 0 Å². The normalized spacial score (nSPS) is 12.8. The fourth-order valence-corrected chi connectivity index (χ4v) is 2.01. The number of aromatic nitrogens is 2. The Morgan fingerprint density at radius 3 is 2.92 bits per heavy atom. The molecule has 4 nitrogen and oxygen atoms in total. The molecule has 0 spiro atoms. The van der Waals surface area contributed by atoms with E-state index in [9.17, 15) is 4.21 Å². The minimum Gasteiger partial charge on any atom is -0.366 e. The molecule has 1 aromatic rings. The van der Waals surface area contributed by atoms with Crippen molar-refractivity contribution in [2.75, 3.05) is 23.4 Å². The Morgan fingerprint density at radius 2 is 2.38 bits per heavy atom. The highest BCUT2D eigenvalue weighted by Crippen LogP contribution is 2.16. The Labute approximate surface area is 88.5 Å². The van der Waals surface area contributed by atoms with Gasteiger partial charge in [-0.1, -0.05) is 18.5 Å². The minimum atomic E-state index is -0.745. The molecule has 0 aliphatic heterocycles. The number of rotatable bonds is 5. The second-order valence-electron chi connectivity index (χ2n) is 2.26. The number of hydrogen-bond acceptors (Lipinski definition) is 5. The Bertz CT molecular complexity index is 291. The third kappa shape index (κ3) is 3.58. The third-order valence-electron chi connectivity index (χ3n) is 1.39. The molecule has 0 aromatic carbocycles. The number of anilines is 1. The first-order chi connectivity index (χ1) is 6.24. The minimum absolute atomic E-state index is 0.382. The lowest BCUT2D eigenvalue weighted by Crippen LogP contribution is -2.12. The molecule has 1 atom stereocenters. The van der Waals surface area contributed by atoms with Crippen molar-refractivity contribution in [3.05, 3.63) is 5.15 Å². The lowest BCUT2D eigenvalue weighted by molar-refractivity contribution is 0.684. The molecule has 74 valence electrons. The maximum Gasteiger partial charge on any atom is 0.186 e. The topological polar surface area (TPSA) is 54.9 Å². The van der Waals surface area contributed by atoms with Gasteiger partial charge in [0.1, 0.15) is 0 Å². The van der Waals surface area contributed by atoms with Gasteiger partial charge in [-0.2, -0.15) is 8.75 Å². The standard InChI is InChI=1S/C6H10ClN3OS2/c1-2-13(11)4-3-8-6-5(7)9-12-10-6/h2-4H2,1H3,(H,8,10). The molecule has 0 aliphatic carbocycles. The summed E-state index contributed by atoms with van der Waals surface area (Å²) in [7, 11) is -0.745. The smallest absolute Gasteiger partial charge is 0.186 e. The monoisotopic (exact) mass is 239 g/mol. The predicted octanol–water partition coefficient (Wildman–Crippen LogP) is 1.37. The van der Waals surface area contributed by atoms with Gasteiger partial charge in [0.2, 0.25) is 0 Å². The zero-order chi connectivity index (χ0) is 9.68. The number of hydrogen-bond donors (Lipinski definition) is 1. The molecule has 1 heterocycles. The van der Waals surface area contributed by atoms with Crippen LogP contribution in [0.4, 0.5) is 5.82 Å². The number of nitrogens with zero attached hydrogens (tertiary/aromatic N) is 2. The average molecular weight is 240 g/mol. The quantitative estimate of drug-likeness (QED) is 0.844. The van der Waals surface area contributed by atoms with Crippen molar-refractivity contribution < 1.29 is 4.21 Å². The van der Waals surface area contributed by atoms with E-state index in [0.717, 1.165) is 11.7 Å². The van der Waals surface area contributed by atoms with Gasteiger partial charge in [-0.15, -0.1) is 0 Å². The molecule has 1 rings (SSSR count). The van der Waals surface area contributed by atoms with E-state index in [4.69, 9.17) is 11.6 Å². The first-order valence-corrected chi connectivity index (χ1v) is 6.40. The summed E-state index contributed by atoms with van der Waals surface area (Å²) in [6, 6.07) is 0. The van der Waals surface area contributed by atoms with E-state index < -0.39 is 10.8 Å². The van der Waals surface area contributed by atoms with Crippen molar-refractivity contribution in [3.63, 3.8) is 0 Å². The lowest BCUT2D eigenvalue weighted by atomic mass is 10.6. The molecule has 0 saturated carbocycles. The Hall–Kier alpha value is -0.200. The molecule has 0 fully saturated rings. The first-order valence-electron chi connectivity index (χ1n) is 3.81. The van der Waals surface area contributed by atoms with E-state index in [1.807, 2.05) is 6.92 Å². The third-order valence-corrected chi connectivity index (χ3v) is 3.59. The fraction of sp³-hybridized carbons (Fsp3) is 0.667. The van der Waals surface area contributed by atoms with Crippen LogP contribution in [0.5, 0.6) is 0 Å². The molecular weight excluding hydrogens is 230 g/mol. The Kier molecular flexibility index (Phi) is 4.61. The van der Waals surface area contributed by atoms with E-state index in [0.29, 0.717) is 29.0 Å². The first kappa shape index (κ1) is 10.9. The van der Waals surface area contributed by atoms with Crippen molar-refractivity contribution in [3.8, 4) is 0 Å². The summed E-state index contributed by atoms with van der Waals surface area (Å²) in [6.07, 6.45) is 0. The molecule has 1 aromatic heterocycles. The SMILES string of the molecule is CCS(=O)CCNc1nsnc1Cl. The van der Waals surface area contributed by atoms with Crippen LogP contribution in [0.25, 0.3) is 0 Å². The molecule has 1 unspecified atom stereocenters. The highest BCUT2D eigenvalue weighted by atomic mass is 35.5. The van der Waals surface area contributed by atoms with Gasteiger partial charge in [-0.05, 0) is 0 Å². The van der Waals surface area contributed by atoms with Crippen LogP contribution in [-0.2, 0) is 10.8 Å². The van der Waals surface area contributed by atoms with Crippen LogP contribution in [0.1, 0.15) is 6.92 Å². The van der Waals surface area contributed by atoms with Gasteiger partial charge >= 0.3 is 0 Å². The van der Waals surface area contributed by atoms with E-state index in [1.54, 1.807) is 0 Å². The summed E-state index contributed by atoms with van der Waals surface area (Å²) >= 11 is 6.75. The van der Waals surface area contributed by atoms with Crippen LogP contribution in [0, 0.1) is 0 Å². The zero-order valence-corrected chi connectivity index (χ0v) is 9.51. The Morgan fingerprint density at radius 1 is 1.62 bits per heavy atom. The number of halogens is 1. The lowest BCUT2D eigenvalue weighted by Gasteiger charge is -2.01. The van der Waals surface area contributed by atoms with Crippen LogP contribution < -0.4 is 5.32 Å². The average Bonchev–Trinajstić information content (AvgIpc) is 2.52. The maximum absolute atomic E-state index is 11.0. The van der Waals surface area contributed by atoms with Crippen LogP contribution >= 0.6 is 23.3 Å². The van der Waals surface area contributed by atoms with Crippen LogP contribution in [0.2, 0.25) is 5.15 Å². The maximum atomic E-state index is 11.0. The van der Waals surface area contributed by atoms with Crippen molar-refractivity contribution >= 4 is 39.9 Å². The molecule has 0 bridgehead atoms. The van der Waals surface area contributed by atoms with Crippen molar-refractivity contribution in [1.82, 2.24) is 8.75 Å². The van der Waals surface area contributed by atoms with E-state index in [1.165, 1.54) is 0 Å². The van der Waals surface area contributed by atoms with Crippen molar-refractivity contribution in [1.29, 1.82) is 0 Å². The summed E-state index contributed by atoms with van der Waals surface area (Å²) in [5.41, 5.74) is 0. The molecule has 0 aliphatic rings. The summed E-state index contributed by atoms with van der Waals surface area (Å²) in [5, 5.41) is 3.35. The van der Waals surface area contributed by atoms with Crippen LogP contribution in [0.15, 0.2) is 0 Å². The van der Waals surface area contributed by atoms with E-state index in [2.05, 4.69) is 14.1 Å². The predicted molar refractivity (Wildman–Crippen MR) is 57.0 cm³/mol. The summed E-state index contributed by atoms with van der Waals surface area (Å²) < 4.78 is 18.7.